The topological polar surface area (TPSA) is 92.3 Å². The van der Waals surface area contributed by atoms with Crippen molar-refractivity contribution in [1.29, 1.82) is 0 Å². The van der Waals surface area contributed by atoms with Gasteiger partial charge in [0.1, 0.15) is 5.01 Å². The van der Waals surface area contributed by atoms with Crippen LogP contribution in [0, 0.1) is 0 Å². The minimum Gasteiger partial charge on any atom is -0.326 e. The standard InChI is InChI=1S/C22H24N4O3S2/c27-21(15-18-16-30-22(25-18)20-10-3-4-11-23-20)24-17-8-7-9-19(14-17)31(28,29)26-12-5-1-2-6-13-26/h3-4,7-11,14,16H,1-2,5-6,12-13,15H2,(H,24,27). The fraction of sp³-hybridized carbons (Fsp3) is 0.318. The number of hydrogen-bond donors (Lipinski definition) is 1. The summed E-state index contributed by atoms with van der Waals surface area (Å²) in [7, 11) is -3.57. The second-order valence-electron chi connectivity index (χ2n) is 7.43. The van der Waals surface area contributed by atoms with E-state index in [4.69, 9.17) is 0 Å². The van der Waals surface area contributed by atoms with Gasteiger partial charge in [0.05, 0.1) is 22.7 Å². The highest BCUT2D eigenvalue weighted by atomic mass is 32.2. The van der Waals surface area contributed by atoms with Crippen molar-refractivity contribution in [1.82, 2.24) is 14.3 Å². The Balaban J connectivity index is 1.43. The van der Waals surface area contributed by atoms with E-state index in [0.717, 1.165) is 36.4 Å². The number of pyridine rings is 1. The van der Waals surface area contributed by atoms with Crippen molar-refractivity contribution in [2.75, 3.05) is 18.4 Å². The quantitative estimate of drug-likeness (QED) is 0.606. The molecule has 7 nitrogen and oxygen atoms in total. The van der Waals surface area contributed by atoms with Gasteiger partial charge in [0.15, 0.2) is 0 Å². The predicted molar refractivity (Wildman–Crippen MR) is 121 cm³/mol. The Bertz CT molecular complexity index is 1140. The van der Waals surface area contributed by atoms with Crippen molar-refractivity contribution in [2.24, 2.45) is 0 Å². The lowest BCUT2D eigenvalue weighted by Crippen LogP contribution is -2.32. The minimum absolute atomic E-state index is 0.104. The van der Waals surface area contributed by atoms with Crippen molar-refractivity contribution < 1.29 is 13.2 Å². The summed E-state index contributed by atoms with van der Waals surface area (Å²) < 4.78 is 27.6. The van der Waals surface area contributed by atoms with Crippen LogP contribution in [-0.4, -0.2) is 41.7 Å². The van der Waals surface area contributed by atoms with Crippen LogP contribution in [0.5, 0.6) is 0 Å². The Kier molecular flexibility index (Phi) is 6.74. The molecule has 31 heavy (non-hydrogen) atoms. The monoisotopic (exact) mass is 456 g/mol. The fourth-order valence-electron chi connectivity index (χ4n) is 3.53. The molecule has 1 amide bonds. The first-order valence-corrected chi connectivity index (χ1v) is 12.6. The third-order valence-electron chi connectivity index (χ3n) is 5.10. The number of carbonyl (C=O) groups is 1. The van der Waals surface area contributed by atoms with Gasteiger partial charge in [-0.1, -0.05) is 25.0 Å². The van der Waals surface area contributed by atoms with E-state index in [-0.39, 0.29) is 17.2 Å². The summed E-state index contributed by atoms with van der Waals surface area (Å²) in [5.74, 6) is -0.248. The van der Waals surface area contributed by atoms with Crippen LogP contribution >= 0.6 is 11.3 Å². The summed E-state index contributed by atoms with van der Waals surface area (Å²) >= 11 is 1.44. The summed E-state index contributed by atoms with van der Waals surface area (Å²) in [4.78, 5) is 21.5. The van der Waals surface area contributed by atoms with Crippen LogP contribution in [0.1, 0.15) is 31.4 Å². The minimum atomic E-state index is -3.57. The number of hydrogen-bond acceptors (Lipinski definition) is 6. The average Bonchev–Trinajstić information content (AvgIpc) is 3.05. The Labute approximate surface area is 186 Å². The summed E-state index contributed by atoms with van der Waals surface area (Å²) in [5, 5.41) is 5.39. The molecule has 3 heterocycles. The molecule has 0 spiro atoms. The van der Waals surface area contributed by atoms with Crippen LogP contribution in [-0.2, 0) is 21.2 Å². The summed E-state index contributed by atoms with van der Waals surface area (Å²) in [5.41, 5.74) is 1.88. The first-order chi connectivity index (χ1) is 15.0. The molecule has 162 valence electrons. The molecule has 1 aliphatic heterocycles. The third-order valence-corrected chi connectivity index (χ3v) is 7.91. The SMILES string of the molecule is O=C(Cc1csc(-c2ccccn2)n1)Nc1cccc(S(=O)(=O)N2CCCCCC2)c1. The molecule has 0 bridgehead atoms. The van der Waals surface area contributed by atoms with Crippen LogP contribution in [0.4, 0.5) is 5.69 Å². The Morgan fingerprint density at radius 1 is 1.06 bits per heavy atom. The van der Waals surface area contributed by atoms with Crippen LogP contribution in [0.15, 0.2) is 58.9 Å². The largest absolute Gasteiger partial charge is 0.326 e. The van der Waals surface area contributed by atoms with Crippen LogP contribution in [0.3, 0.4) is 0 Å². The van der Waals surface area contributed by atoms with Gasteiger partial charge in [0.2, 0.25) is 15.9 Å². The van der Waals surface area contributed by atoms with E-state index < -0.39 is 10.0 Å². The number of amides is 1. The molecule has 4 rings (SSSR count). The molecule has 1 saturated heterocycles. The molecule has 9 heteroatoms. The van der Waals surface area contributed by atoms with Gasteiger partial charge in [-0.15, -0.1) is 11.3 Å². The van der Waals surface area contributed by atoms with Crippen molar-refractivity contribution in [3.05, 3.63) is 59.7 Å². The molecule has 0 saturated carbocycles. The molecule has 1 aromatic carbocycles. The van der Waals surface area contributed by atoms with E-state index in [9.17, 15) is 13.2 Å². The molecule has 1 N–H and O–H groups in total. The normalized spacial score (nSPS) is 15.4. The number of carbonyl (C=O) groups excluding carboxylic acids is 1. The zero-order chi connectivity index (χ0) is 21.7. The molecule has 0 atom stereocenters. The molecular weight excluding hydrogens is 432 g/mol. The van der Waals surface area contributed by atoms with Gasteiger partial charge < -0.3 is 5.32 Å². The summed E-state index contributed by atoms with van der Waals surface area (Å²) in [6, 6.07) is 12.1. The van der Waals surface area contributed by atoms with Gasteiger partial charge in [0, 0.05) is 30.4 Å². The number of sulfonamides is 1. The summed E-state index contributed by atoms with van der Waals surface area (Å²) in [6.07, 6.45) is 5.68. The second-order valence-corrected chi connectivity index (χ2v) is 10.2. The number of benzene rings is 1. The maximum Gasteiger partial charge on any atom is 0.243 e. The number of anilines is 1. The van der Waals surface area contributed by atoms with Crippen LogP contribution in [0.25, 0.3) is 10.7 Å². The summed E-state index contributed by atoms with van der Waals surface area (Å²) in [6.45, 7) is 1.09. The Morgan fingerprint density at radius 2 is 1.87 bits per heavy atom. The van der Waals surface area contributed by atoms with Crippen molar-refractivity contribution in [3.8, 4) is 10.7 Å². The first kappa shape index (κ1) is 21.6. The van der Waals surface area contributed by atoms with E-state index >= 15 is 0 Å². The lowest BCUT2D eigenvalue weighted by atomic mass is 10.2. The van der Waals surface area contributed by atoms with Crippen molar-refractivity contribution in [2.45, 2.75) is 37.0 Å². The maximum absolute atomic E-state index is 13.0. The smallest absolute Gasteiger partial charge is 0.243 e. The second kappa shape index (κ2) is 9.67. The number of nitrogens with zero attached hydrogens (tertiary/aromatic N) is 3. The highest BCUT2D eigenvalue weighted by molar-refractivity contribution is 7.89. The highest BCUT2D eigenvalue weighted by Crippen LogP contribution is 2.24. The lowest BCUT2D eigenvalue weighted by Gasteiger charge is -2.20. The van der Waals surface area contributed by atoms with Gasteiger partial charge in [-0.05, 0) is 43.2 Å². The molecule has 1 fully saturated rings. The van der Waals surface area contributed by atoms with Crippen LogP contribution in [0.2, 0.25) is 0 Å². The van der Waals surface area contributed by atoms with E-state index in [1.54, 1.807) is 28.7 Å². The molecule has 3 aromatic rings. The fourth-order valence-corrected chi connectivity index (χ4v) is 5.89. The zero-order valence-electron chi connectivity index (χ0n) is 17.0. The van der Waals surface area contributed by atoms with E-state index in [2.05, 4.69) is 15.3 Å². The number of aromatic nitrogens is 2. The molecule has 1 aliphatic rings. The van der Waals surface area contributed by atoms with Gasteiger partial charge in [0.25, 0.3) is 0 Å². The molecular formula is C22H24N4O3S2. The molecule has 0 radical (unpaired) electrons. The van der Waals surface area contributed by atoms with Gasteiger partial charge in [-0.3, -0.25) is 9.78 Å². The Morgan fingerprint density at radius 3 is 2.61 bits per heavy atom. The predicted octanol–water partition coefficient (Wildman–Crippen LogP) is 3.95. The molecule has 0 aliphatic carbocycles. The molecule has 0 unspecified atom stereocenters. The number of rotatable bonds is 6. The zero-order valence-corrected chi connectivity index (χ0v) is 18.7. The highest BCUT2D eigenvalue weighted by Gasteiger charge is 2.25. The average molecular weight is 457 g/mol. The third kappa shape index (κ3) is 5.36. The van der Waals surface area contributed by atoms with Crippen molar-refractivity contribution >= 4 is 33.0 Å². The number of nitrogens with one attached hydrogen (secondary N) is 1. The Hall–Kier alpha value is -2.62. The van der Waals surface area contributed by atoms with E-state index in [1.807, 2.05) is 23.6 Å². The van der Waals surface area contributed by atoms with E-state index in [1.165, 1.54) is 17.4 Å². The lowest BCUT2D eigenvalue weighted by molar-refractivity contribution is -0.115. The van der Waals surface area contributed by atoms with Gasteiger partial charge >= 0.3 is 0 Å². The van der Waals surface area contributed by atoms with Crippen LogP contribution < -0.4 is 5.32 Å². The first-order valence-electron chi connectivity index (χ1n) is 10.3. The maximum atomic E-state index is 13.0. The van der Waals surface area contributed by atoms with Gasteiger partial charge in [-0.2, -0.15) is 4.31 Å². The van der Waals surface area contributed by atoms with E-state index in [0.29, 0.717) is 24.5 Å². The van der Waals surface area contributed by atoms with Crippen molar-refractivity contribution in [3.63, 3.8) is 0 Å². The van der Waals surface area contributed by atoms with Gasteiger partial charge in [-0.25, -0.2) is 13.4 Å². The molecule has 2 aromatic heterocycles. The number of thiazole rings is 1.